The van der Waals surface area contributed by atoms with E-state index in [9.17, 15) is 9.59 Å². The number of carbonyl (C=O) groups excluding carboxylic acids is 2. The van der Waals surface area contributed by atoms with Gasteiger partial charge in [0.05, 0.1) is 6.61 Å². The maximum absolute atomic E-state index is 12.1. The van der Waals surface area contributed by atoms with Gasteiger partial charge in [-0.1, -0.05) is 50.6 Å². The molecule has 0 aromatic rings. The van der Waals surface area contributed by atoms with Crippen LogP contribution in [0.2, 0.25) is 0 Å². The first kappa shape index (κ1) is 23.1. The second kappa shape index (κ2) is 12.5. The summed E-state index contributed by atoms with van der Waals surface area (Å²) < 4.78 is 17.2. The molecule has 0 bridgehead atoms. The molecule has 1 aliphatic heterocycles. The van der Waals surface area contributed by atoms with Crippen LogP contribution in [0.15, 0.2) is 36.0 Å². The summed E-state index contributed by atoms with van der Waals surface area (Å²) in [4.78, 5) is 23.1. The summed E-state index contributed by atoms with van der Waals surface area (Å²) in [5, 5.41) is 2.45. The lowest BCUT2D eigenvalue weighted by atomic mass is 9.90. The van der Waals surface area contributed by atoms with Crippen LogP contribution in [0.4, 0.5) is 0 Å². The van der Waals surface area contributed by atoms with Gasteiger partial charge in [-0.3, -0.25) is 9.59 Å². The number of hydrogen-bond acceptors (Lipinski definition) is 5. The van der Waals surface area contributed by atoms with Gasteiger partial charge in [0, 0.05) is 20.0 Å². The highest BCUT2D eigenvalue weighted by Crippen LogP contribution is 2.29. The maximum Gasteiger partial charge on any atom is 0.325 e. The zero-order valence-electron chi connectivity index (χ0n) is 17.1. The van der Waals surface area contributed by atoms with E-state index in [1.165, 1.54) is 6.92 Å². The Balaban J connectivity index is 2.85. The Morgan fingerprint density at radius 3 is 2.56 bits per heavy atom. The van der Waals surface area contributed by atoms with E-state index < -0.39 is 18.2 Å². The number of ether oxygens (including phenoxy) is 3. The lowest BCUT2D eigenvalue weighted by Gasteiger charge is -2.40. The minimum atomic E-state index is -0.569. The van der Waals surface area contributed by atoms with E-state index in [1.807, 2.05) is 38.2 Å². The second-order valence-corrected chi connectivity index (χ2v) is 6.81. The van der Waals surface area contributed by atoms with Crippen molar-refractivity contribution in [2.75, 3.05) is 20.3 Å². The molecule has 27 heavy (non-hydrogen) atoms. The first-order chi connectivity index (χ1) is 12.9. The number of amides is 1. The van der Waals surface area contributed by atoms with Crippen LogP contribution in [0.5, 0.6) is 0 Å². The van der Waals surface area contributed by atoms with Gasteiger partial charge >= 0.3 is 5.97 Å². The van der Waals surface area contributed by atoms with Gasteiger partial charge in [0.15, 0.2) is 6.10 Å². The van der Waals surface area contributed by atoms with E-state index in [0.717, 1.165) is 18.4 Å². The molecular formula is C21H33NO5. The zero-order valence-corrected chi connectivity index (χ0v) is 17.1. The van der Waals surface area contributed by atoms with Crippen molar-refractivity contribution >= 4 is 11.9 Å². The van der Waals surface area contributed by atoms with Crippen LogP contribution < -0.4 is 5.32 Å². The normalized spacial score (nSPS) is 26.5. The second-order valence-electron chi connectivity index (χ2n) is 6.81. The number of methoxy groups -OCH3 is 1. The van der Waals surface area contributed by atoms with Crippen LogP contribution in [-0.4, -0.2) is 50.4 Å². The fraction of sp³-hybridized carbons (Fsp3) is 0.619. The van der Waals surface area contributed by atoms with Crippen molar-refractivity contribution in [3.8, 4) is 0 Å². The topological polar surface area (TPSA) is 73.9 Å². The predicted molar refractivity (Wildman–Crippen MR) is 105 cm³/mol. The smallest absolute Gasteiger partial charge is 0.325 e. The molecule has 1 saturated heterocycles. The van der Waals surface area contributed by atoms with Crippen molar-refractivity contribution in [2.45, 2.75) is 58.8 Å². The molecule has 1 aliphatic rings. The molecule has 0 aromatic carbocycles. The third-order valence-electron chi connectivity index (χ3n) is 4.36. The number of allylic oxidation sites excluding steroid dienone is 5. The SMILES string of the molecule is CCC/C=C/C=C/C=C(/C)[C@H]1OC[C@@H](C)[C@@H](OC)[C@@H]1OC(=O)CNC(C)=O. The summed E-state index contributed by atoms with van der Waals surface area (Å²) in [5.74, 6) is -0.701. The summed E-state index contributed by atoms with van der Waals surface area (Å²) in [6, 6.07) is 0. The average molecular weight is 379 g/mol. The van der Waals surface area contributed by atoms with Crippen LogP contribution in [-0.2, 0) is 23.8 Å². The van der Waals surface area contributed by atoms with Crippen LogP contribution >= 0.6 is 0 Å². The van der Waals surface area contributed by atoms with Crippen molar-refractivity contribution in [1.82, 2.24) is 5.32 Å². The fourth-order valence-electron chi connectivity index (χ4n) is 2.92. The molecule has 0 spiro atoms. The molecule has 6 nitrogen and oxygen atoms in total. The zero-order chi connectivity index (χ0) is 20.2. The average Bonchev–Trinajstić information content (AvgIpc) is 2.63. The van der Waals surface area contributed by atoms with E-state index in [-0.39, 0.29) is 24.5 Å². The molecule has 0 saturated carbocycles. The summed E-state index contributed by atoms with van der Waals surface area (Å²) in [7, 11) is 1.61. The highest BCUT2D eigenvalue weighted by atomic mass is 16.6. The summed E-state index contributed by atoms with van der Waals surface area (Å²) >= 11 is 0. The molecular weight excluding hydrogens is 346 g/mol. The van der Waals surface area contributed by atoms with Gasteiger partial charge in [-0.2, -0.15) is 0 Å². The first-order valence-corrected chi connectivity index (χ1v) is 9.49. The third kappa shape index (κ3) is 8.10. The highest BCUT2D eigenvalue weighted by molar-refractivity contribution is 5.80. The minimum Gasteiger partial charge on any atom is -0.455 e. The Morgan fingerprint density at radius 1 is 1.19 bits per heavy atom. The Labute approximate surface area is 162 Å². The molecule has 152 valence electrons. The lowest BCUT2D eigenvalue weighted by Crippen LogP contribution is -2.53. The molecule has 1 N–H and O–H groups in total. The lowest BCUT2D eigenvalue weighted by molar-refractivity contribution is -0.191. The number of esters is 1. The van der Waals surface area contributed by atoms with Crippen molar-refractivity contribution in [1.29, 1.82) is 0 Å². The van der Waals surface area contributed by atoms with Gasteiger partial charge in [-0.15, -0.1) is 0 Å². The first-order valence-electron chi connectivity index (χ1n) is 9.49. The quantitative estimate of drug-likeness (QED) is 0.492. The highest BCUT2D eigenvalue weighted by Gasteiger charge is 2.42. The monoisotopic (exact) mass is 379 g/mol. The van der Waals surface area contributed by atoms with Gasteiger partial charge in [0.25, 0.3) is 0 Å². The molecule has 6 heteroatoms. The Morgan fingerprint density at radius 2 is 1.93 bits per heavy atom. The van der Waals surface area contributed by atoms with E-state index in [2.05, 4.69) is 18.3 Å². The maximum atomic E-state index is 12.1. The summed E-state index contributed by atoms with van der Waals surface area (Å²) in [6.07, 6.45) is 10.9. The Bertz CT molecular complexity index is 567. The minimum absolute atomic E-state index is 0.0881. The molecule has 0 unspecified atom stereocenters. The number of nitrogens with one attached hydrogen (secondary N) is 1. The van der Waals surface area contributed by atoms with Crippen molar-refractivity contribution < 1.29 is 23.8 Å². The molecule has 1 rings (SSSR count). The summed E-state index contributed by atoms with van der Waals surface area (Å²) in [6.45, 7) is 7.79. The molecule has 0 radical (unpaired) electrons. The number of unbranched alkanes of at least 4 members (excludes halogenated alkanes) is 1. The van der Waals surface area contributed by atoms with Gasteiger partial charge in [0.2, 0.25) is 5.91 Å². The van der Waals surface area contributed by atoms with Crippen LogP contribution in [0.1, 0.15) is 40.5 Å². The van der Waals surface area contributed by atoms with Gasteiger partial charge in [0.1, 0.15) is 18.8 Å². The van der Waals surface area contributed by atoms with Gasteiger partial charge in [-0.05, 0) is 18.9 Å². The molecule has 0 aromatic heterocycles. The van der Waals surface area contributed by atoms with E-state index in [0.29, 0.717) is 6.61 Å². The van der Waals surface area contributed by atoms with E-state index >= 15 is 0 Å². The molecule has 4 atom stereocenters. The van der Waals surface area contributed by atoms with E-state index in [4.69, 9.17) is 14.2 Å². The molecule has 1 heterocycles. The summed E-state index contributed by atoms with van der Waals surface area (Å²) in [5.41, 5.74) is 0.946. The number of rotatable bonds is 9. The van der Waals surface area contributed by atoms with Crippen LogP contribution in [0.25, 0.3) is 0 Å². The number of carbonyl (C=O) groups is 2. The fourth-order valence-corrected chi connectivity index (χ4v) is 2.92. The van der Waals surface area contributed by atoms with Crippen LogP contribution in [0, 0.1) is 5.92 Å². The van der Waals surface area contributed by atoms with Gasteiger partial charge in [-0.25, -0.2) is 0 Å². The standard InChI is InChI=1S/C21H33NO5/c1-6-7-8-9-10-11-12-15(2)20-21(19(25-5)16(3)14-26-20)27-18(24)13-22-17(4)23/h8-12,16,19-21H,6-7,13-14H2,1-5H3,(H,22,23)/b9-8+,11-10+,15-12-/t16-,19-,20-,21+/m1/s1. The molecule has 0 aliphatic carbocycles. The Hall–Kier alpha value is -1.92. The van der Waals surface area contributed by atoms with Crippen LogP contribution in [0.3, 0.4) is 0 Å². The largest absolute Gasteiger partial charge is 0.455 e. The van der Waals surface area contributed by atoms with Crippen molar-refractivity contribution in [3.63, 3.8) is 0 Å². The number of hydrogen-bond donors (Lipinski definition) is 1. The molecule has 1 fully saturated rings. The Kier molecular flexibility index (Phi) is 10.7. The molecule has 1 amide bonds. The van der Waals surface area contributed by atoms with E-state index in [1.54, 1.807) is 7.11 Å². The van der Waals surface area contributed by atoms with Gasteiger partial charge < -0.3 is 19.5 Å². The van der Waals surface area contributed by atoms with Crippen molar-refractivity contribution in [2.24, 2.45) is 5.92 Å². The predicted octanol–water partition coefficient (Wildman–Crippen LogP) is 2.94. The van der Waals surface area contributed by atoms with Crippen molar-refractivity contribution in [3.05, 3.63) is 36.0 Å². The third-order valence-corrected chi connectivity index (χ3v) is 4.36.